The van der Waals surface area contributed by atoms with Crippen molar-refractivity contribution in [1.29, 1.82) is 0 Å². The zero-order chi connectivity index (χ0) is 12.0. The Hall–Kier alpha value is -1.65. The van der Waals surface area contributed by atoms with Crippen LogP contribution in [0.2, 0.25) is 0 Å². The van der Waals surface area contributed by atoms with Gasteiger partial charge in [-0.15, -0.1) is 0 Å². The van der Waals surface area contributed by atoms with Gasteiger partial charge < -0.3 is 10.0 Å². The van der Waals surface area contributed by atoms with Crippen LogP contribution in [0.1, 0.15) is 25.5 Å². The fraction of sp³-hybridized carbons (Fsp3) is 0.545. The van der Waals surface area contributed by atoms with Gasteiger partial charge in [-0.2, -0.15) is 0 Å². The summed E-state index contributed by atoms with van der Waals surface area (Å²) in [5.41, 5.74) is 0.995. The van der Waals surface area contributed by atoms with Crippen LogP contribution in [0.5, 0.6) is 0 Å². The standard InChI is InChI=1S/C11H17N3O2/c1-3-9-7-10(13-8-12-9)14(2)6-4-5-11(15)16/h7-8H,3-6H2,1-2H3,(H,15,16). The van der Waals surface area contributed by atoms with Crippen molar-refractivity contribution in [2.75, 3.05) is 18.5 Å². The number of hydrogen-bond donors (Lipinski definition) is 1. The zero-order valence-corrected chi connectivity index (χ0v) is 9.68. The summed E-state index contributed by atoms with van der Waals surface area (Å²) in [6.45, 7) is 2.73. The van der Waals surface area contributed by atoms with E-state index in [2.05, 4.69) is 9.97 Å². The van der Waals surface area contributed by atoms with Gasteiger partial charge in [-0.05, 0) is 12.8 Å². The van der Waals surface area contributed by atoms with Gasteiger partial charge in [-0.1, -0.05) is 6.92 Å². The summed E-state index contributed by atoms with van der Waals surface area (Å²) in [5.74, 6) is 0.0857. The highest BCUT2D eigenvalue weighted by atomic mass is 16.4. The predicted octanol–water partition coefficient (Wildman–Crippen LogP) is 1.34. The monoisotopic (exact) mass is 223 g/mol. The lowest BCUT2D eigenvalue weighted by Gasteiger charge is -2.17. The molecule has 1 rings (SSSR count). The highest BCUT2D eigenvalue weighted by molar-refractivity contribution is 5.66. The summed E-state index contributed by atoms with van der Waals surface area (Å²) in [6, 6.07) is 1.93. The Morgan fingerprint density at radius 2 is 2.25 bits per heavy atom. The number of carboxylic acid groups (broad SMARTS) is 1. The average molecular weight is 223 g/mol. The molecule has 0 spiro atoms. The summed E-state index contributed by atoms with van der Waals surface area (Å²) in [7, 11) is 1.91. The van der Waals surface area contributed by atoms with Gasteiger partial charge >= 0.3 is 5.97 Å². The number of rotatable bonds is 6. The van der Waals surface area contributed by atoms with Crippen LogP contribution in [0.15, 0.2) is 12.4 Å². The zero-order valence-electron chi connectivity index (χ0n) is 9.68. The van der Waals surface area contributed by atoms with Gasteiger partial charge in [0.05, 0.1) is 0 Å². The molecular formula is C11H17N3O2. The molecule has 0 aromatic carbocycles. The number of hydrogen-bond acceptors (Lipinski definition) is 4. The van der Waals surface area contributed by atoms with Crippen molar-refractivity contribution < 1.29 is 9.90 Å². The lowest BCUT2D eigenvalue weighted by molar-refractivity contribution is -0.137. The van der Waals surface area contributed by atoms with Crippen LogP contribution in [0.4, 0.5) is 5.82 Å². The molecule has 0 bridgehead atoms. The van der Waals surface area contributed by atoms with Crippen LogP contribution >= 0.6 is 0 Å². The van der Waals surface area contributed by atoms with E-state index >= 15 is 0 Å². The van der Waals surface area contributed by atoms with Crippen molar-refractivity contribution in [1.82, 2.24) is 9.97 Å². The van der Waals surface area contributed by atoms with Crippen molar-refractivity contribution in [3.05, 3.63) is 18.1 Å². The highest BCUT2D eigenvalue weighted by Crippen LogP contribution is 2.10. The van der Waals surface area contributed by atoms with E-state index in [1.807, 2.05) is 24.9 Å². The number of aryl methyl sites for hydroxylation is 1. The van der Waals surface area contributed by atoms with Gasteiger partial charge in [0.2, 0.25) is 0 Å². The van der Waals surface area contributed by atoms with Crippen molar-refractivity contribution in [2.24, 2.45) is 0 Å². The highest BCUT2D eigenvalue weighted by Gasteiger charge is 2.04. The summed E-state index contributed by atoms with van der Waals surface area (Å²) in [4.78, 5) is 20.6. The van der Waals surface area contributed by atoms with E-state index in [0.717, 1.165) is 17.9 Å². The Morgan fingerprint density at radius 1 is 1.50 bits per heavy atom. The van der Waals surface area contributed by atoms with Crippen molar-refractivity contribution >= 4 is 11.8 Å². The molecule has 5 heteroatoms. The molecule has 16 heavy (non-hydrogen) atoms. The van der Waals surface area contributed by atoms with Gasteiger partial charge in [0.1, 0.15) is 12.1 Å². The molecule has 0 unspecified atom stereocenters. The molecule has 5 nitrogen and oxygen atoms in total. The van der Waals surface area contributed by atoms with Gasteiger partial charge in [-0.3, -0.25) is 4.79 Å². The molecule has 1 N–H and O–H groups in total. The van der Waals surface area contributed by atoms with E-state index in [4.69, 9.17) is 5.11 Å². The van der Waals surface area contributed by atoms with E-state index in [9.17, 15) is 4.79 Å². The quantitative estimate of drug-likeness (QED) is 0.788. The minimum atomic E-state index is -0.759. The topological polar surface area (TPSA) is 66.3 Å². The third-order valence-electron chi connectivity index (χ3n) is 2.35. The molecule has 0 radical (unpaired) electrons. The first-order valence-corrected chi connectivity index (χ1v) is 5.37. The molecule has 0 amide bonds. The fourth-order valence-corrected chi connectivity index (χ4v) is 1.37. The first kappa shape index (κ1) is 12.4. The molecule has 88 valence electrons. The van der Waals surface area contributed by atoms with E-state index in [0.29, 0.717) is 13.0 Å². The molecule has 0 atom stereocenters. The molecule has 0 saturated heterocycles. The Bertz CT molecular complexity index is 355. The van der Waals surface area contributed by atoms with Crippen molar-refractivity contribution in [3.63, 3.8) is 0 Å². The molecular weight excluding hydrogens is 206 g/mol. The second-order valence-corrected chi connectivity index (χ2v) is 3.64. The number of nitrogens with zero attached hydrogens (tertiary/aromatic N) is 3. The smallest absolute Gasteiger partial charge is 0.303 e. The van der Waals surface area contributed by atoms with Crippen LogP contribution in [0.3, 0.4) is 0 Å². The van der Waals surface area contributed by atoms with Crippen LogP contribution in [0.25, 0.3) is 0 Å². The minimum Gasteiger partial charge on any atom is -0.481 e. The number of anilines is 1. The molecule has 0 aliphatic heterocycles. The average Bonchev–Trinajstić information content (AvgIpc) is 2.28. The molecule has 0 saturated carbocycles. The van der Waals surface area contributed by atoms with Crippen LogP contribution in [-0.2, 0) is 11.2 Å². The maximum absolute atomic E-state index is 10.4. The first-order chi connectivity index (χ1) is 7.63. The predicted molar refractivity (Wildman–Crippen MR) is 61.5 cm³/mol. The van der Waals surface area contributed by atoms with Crippen molar-refractivity contribution in [2.45, 2.75) is 26.2 Å². The Morgan fingerprint density at radius 3 is 2.88 bits per heavy atom. The van der Waals surface area contributed by atoms with Crippen LogP contribution in [-0.4, -0.2) is 34.6 Å². The molecule has 1 heterocycles. The maximum atomic E-state index is 10.4. The molecule has 1 aromatic rings. The summed E-state index contributed by atoms with van der Waals surface area (Å²) in [5, 5.41) is 8.53. The molecule has 0 aliphatic rings. The summed E-state index contributed by atoms with van der Waals surface area (Å²) < 4.78 is 0. The van der Waals surface area contributed by atoms with Crippen LogP contribution < -0.4 is 4.90 Å². The molecule has 0 aliphatic carbocycles. The van der Waals surface area contributed by atoms with Gasteiger partial charge in [0, 0.05) is 31.8 Å². The minimum absolute atomic E-state index is 0.191. The Balaban J connectivity index is 2.51. The first-order valence-electron chi connectivity index (χ1n) is 5.37. The van der Waals surface area contributed by atoms with Gasteiger partial charge in [-0.25, -0.2) is 9.97 Å². The number of aromatic nitrogens is 2. The lowest BCUT2D eigenvalue weighted by Crippen LogP contribution is -2.20. The van der Waals surface area contributed by atoms with E-state index in [1.165, 1.54) is 0 Å². The summed E-state index contributed by atoms with van der Waals surface area (Å²) >= 11 is 0. The number of aliphatic carboxylic acids is 1. The Kier molecular flexibility index (Phi) is 4.69. The van der Waals surface area contributed by atoms with Crippen LogP contribution in [0, 0.1) is 0 Å². The number of carbonyl (C=O) groups is 1. The normalized spacial score (nSPS) is 10.1. The van der Waals surface area contributed by atoms with Crippen molar-refractivity contribution in [3.8, 4) is 0 Å². The van der Waals surface area contributed by atoms with E-state index in [-0.39, 0.29) is 6.42 Å². The molecule has 0 fully saturated rings. The lowest BCUT2D eigenvalue weighted by atomic mass is 10.3. The second-order valence-electron chi connectivity index (χ2n) is 3.64. The molecule has 1 aromatic heterocycles. The SMILES string of the molecule is CCc1cc(N(C)CCCC(=O)O)ncn1. The van der Waals surface area contributed by atoms with Gasteiger partial charge in [0.15, 0.2) is 0 Å². The number of carboxylic acids is 1. The second kappa shape index (κ2) is 6.05. The maximum Gasteiger partial charge on any atom is 0.303 e. The van der Waals surface area contributed by atoms with E-state index in [1.54, 1.807) is 6.33 Å². The fourth-order valence-electron chi connectivity index (χ4n) is 1.37. The summed E-state index contributed by atoms with van der Waals surface area (Å²) in [6.07, 6.45) is 3.23. The third-order valence-corrected chi connectivity index (χ3v) is 2.35. The largest absolute Gasteiger partial charge is 0.481 e. The van der Waals surface area contributed by atoms with Gasteiger partial charge in [0.25, 0.3) is 0 Å². The Labute approximate surface area is 95.1 Å². The van der Waals surface area contributed by atoms with E-state index < -0.39 is 5.97 Å². The third kappa shape index (κ3) is 3.84.